The van der Waals surface area contributed by atoms with Crippen molar-refractivity contribution in [3.63, 3.8) is 0 Å². The van der Waals surface area contributed by atoms with E-state index in [9.17, 15) is 4.79 Å². The Bertz CT molecular complexity index is 1310. The molecule has 2 aliphatic heterocycles. The maximum Gasteiger partial charge on any atom is 0.283 e. The molecule has 0 spiro atoms. The Morgan fingerprint density at radius 3 is 2.59 bits per heavy atom. The minimum atomic E-state index is -0.231. The van der Waals surface area contributed by atoms with E-state index in [1.807, 2.05) is 70.2 Å². The van der Waals surface area contributed by atoms with E-state index in [-0.39, 0.29) is 18.1 Å². The molecule has 5 rings (SSSR count). The molecule has 9 heteroatoms. The quantitative estimate of drug-likeness (QED) is 0.485. The third kappa shape index (κ3) is 4.43. The van der Waals surface area contributed by atoms with E-state index in [1.54, 1.807) is 11.0 Å². The molecule has 8 nitrogen and oxygen atoms in total. The smallest absolute Gasteiger partial charge is 0.283 e. The Labute approximate surface area is 201 Å². The number of carbonyl (C=O) groups is 1. The summed E-state index contributed by atoms with van der Waals surface area (Å²) in [6.45, 7) is 8.26. The fraction of sp³-hybridized carbons (Fsp3) is 0.280. The SMILES string of the molecule is Cc1ccc(N2C(=O)/C(=C\c3ccc4c(c3)OCO4)N=C2SCc2noc(C(C)(C)C)n2)cc1. The predicted molar refractivity (Wildman–Crippen MR) is 131 cm³/mol. The summed E-state index contributed by atoms with van der Waals surface area (Å²) in [5, 5.41) is 4.64. The van der Waals surface area contributed by atoms with Crippen LogP contribution in [0.3, 0.4) is 0 Å². The van der Waals surface area contributed by atoms with E-state index >= 15 is 0 Å². The Morgan fingerprint density at radius 2 is 1.85 bits per heavy atom. The highest BCUT2D eigenvalue weighted by atomic mass is 32.2. The number of ether oxygens (including phenoxy) is 2. The van der Waals surface area contributed by atoms with Gasteiger partial charge in [-0.05, 0) is 42.8 Å². The van der Waals surface area contributed by atoms with Crippen LogP contribution in [0.4, 0.5) is 5.69 Å². The minimum Gasteiger partial charge on any atom is -0.454 e. The Kier molecular flexibility index (Phi) is 5.65. The number of anilines is 1. The molecule has 0 fully saturated rings. The summed E-state index contributed by atoms with van der Waals surface area (Å²) in [6, 6.07) is 13.3. The average molecular weight is 477 g/mol. The van der Waals surface area contributed by atoms with Gasteiger partial charge in [0, 0.05) is 5.41 Å². The third-order valence-corrected chi connectivity index (χ3v) is 6.20. The van der Waals surface area contributed by atoms with E-state index in [2.05, 4.69) is 15.1 Å². The summed E-state index contributed by atoms with van der Waals surface area (Å²) in [6.07, 6.45) is 1.76. The van der Waals surface area contributed by atoms with Crippen molar-refractivity contribution in [1.29, 1.82) is 0 Å². The molecule has 174 valence electrons. The number of aromatic nitrogens is 2. The molecule has 34 heavy (non-hydrogen) atoms. The number of aliphatic imine (C=N–C) groups is 1. The van der Waals surface area contributed by atoms with Crippen LogP contribution in [0.1, 0.15) is 43.6 Å². The van der Waals surface area contributed by atoms with E-state index in [4.69, 9.17) is 14.0 Å². The number of hydrogen-bond donors (Lipinski definition) is 0. The molecule has 0 bridgehead atoms. The summed E-state index contributed by atoms with van der Waals surface area (Å²) in [5.74, 6) is 2.70. The molecule has 0 saturated carbocycles. The van der Waals surface area contributed by atoms with Crippen molar-refractivity contribution in [2.24, 2.45) is 4.99 Å². The molecule has 3 aromatic rings. The van der Waals surface area contributed by atoms with Gasteiger partial charge in [0.15, 0.2) is 22.5 Å². The number of fused-ring (bicyclic) bond motifs is 1. The Morgan fingerprint density at radius 1 is 1.09 bits per heavy atom. The molecule has 2 aliphatic rings. The summed E-state index contributed by atoms with van der Waals surface area (Å²) in [7, 11) is 0. The van der Waals surface area contributed by atoms with Gasteiger partial charge in [-0.25, -0.2) is 4.99 Å². The van der Waals surface area contributed by atoms with Crippen LogP contribution in [-0.4, -0.2) is 28.0 Å². The molecule has 0 radical (unpaired) electrons. The number of benzene rings is 2. The van der Waals surface area contributed by atoms with Crippen LogP contribution in [0, 0.1) is 6.92 Å². The zero-order valence-corrected chi connectivity index (χ0v) is 20.2. The number of amides is 1. The maximum atomic E-state index is 13.4. The summed E-state index contributed by atoms with van der Waals surface area (Å²) in [4.78, 5) is 24.2. The van der Waals surface area contributed by atoms with Gasteiger partial charge >= 0.3 is 0 Å². The van der Waals surface area contributed by atoms with Gasteiger partial charge in [-0.1, -0.05) is 61.5 Å². The first-order valence-electron chi connectivity index (χ1n) is 10.8. The second-order valence-corrected chi connectivity index (χ2v) is 10.0. The first-order valence-corrected chi connectivity index (χ1v) is 11.8. The van der Waals surface area contributed by atoms with E-state index in [1.165, 1.54) is 11.8 Å². The number of amidine groups is 1. The van der Waals surface area contributed by atoms with Crippen LogP contribution in [0.25, 0.3) is 6.08 Å². The first-order chi connectivity index (χ1) is 16.3. The number of nitrogens with zero attached hydrogens (tertiary/aromatic N) is 4. The Balaban J connectivity index is 1.44. The van der Waals surface area contributed by atoms with Crippen LogP contribution < -0.4 is 14.4 Å². The highest BCUT2D eigenvalue weighted by Gasteiger charge is 2.32. The lowest BCUT2D eigenvalue weighted by molar-refractivity contribution is -0.113. The van der Waals surface area contributed by atoms with Crippen LogP contribution in [0.15, 0.2) is 57.7 Å². The fourth-order valence-corrected chi connectivity index (χ4v) is 4.28. The van der Waals surface area contributed by atoms with Gasteiger partial charge in [0.2, 0.25) is 12.7 Å². The van der Waals surface area contributed by atoms with Crippen LogP contribution in [0.2, 0.25) is 0 Å². The number of carbonyl (C=O) groups excluding carboxylic acids is 1. The Hall–Kier alpha value is -3.59. The van der Waals surface area contributed by atoms with Gasteiger partial charge in [-0.15, -0.1) is 0 Å². The molecular weight excluding hydrogens is 452 g/mol. The standard InChI is InChI=1S/C25H24N4O4S/c1-15-5-8-17(9-6-15)29-22(30)18(11-16-7-10-19-20(12-16)32-14-31-19)26-24(29)34-13-21-27-23(33-28-21)25(2,3)4/h5-12H,13-14H2,1-4H3/b18-11+. The van der Waals surface area contributed by atoms with Gasteiger partial charge < -0.3 is 14.0 Å². The maximum absolute atomic E-state index is 13.4. The molecule has 3 heterocycles. The highest BCUT2D eigenvalue weighted by Crippen LogP contribution is 2.35. The van der Waals surface area contributed by atoms with E-state index in [0.717, 1.165) is 16.8 Å². The summed E-state index contributed by atoms with van der Waals surface area (Å²) in [5.41, 5.74) is 2.77. The van der Waals surface area contributed by atoms with Crippen molar-refractivity contribution < 1.29 is 18.8 Å². The van der Waals surface area contributed by atoms with E-state index < -0.39 is 0 Å². The van der Waals surface area contributed by atoms with Crippen LogP contribution >= 0.6 is 11.8 Å². The third-order valence-electron chi connectivity index (χ3n) is 5.26. The molecule has 0 N–H and O–H groups in total. The molecular formula is C25H24N4O4S. The number of thioether (sulfide) groups is 1. The average Bonchev–Trinajstić information content (AvgIpc) is 3.52. The lowest BCUT2D eigenvalue weighted by atomic mass is 9.97. The van der Waals surface area contributed by atoms with Crippen molar-refractivity contribution in [2.45, 2.75) is 38.9 Å². The second kappa shape index (κ2) is 8.64. The van der Waals surface area contributed by atoms with Crippen molar-refractivity contribution in [3.05, 3.63) is 71.0 Å². The van der Waals surface area contributed by atoms with Gasteiger partial charge in [0.25, 0.3) is 5.91 Å². The molecule has 0 saturated heterocycles. The van der Waals surface area contributed by atoms with Gasteiger partial charge in [-0.2, -0.15) is 4.98 Å². The van der Waals surface area contributed by atoms with Crippen LogP contribution in [0.5, 0.6) is 11.5 Å². The fourth-order valence-electron chi connectivity index (χ4n) is 3.42. The van der Waals surface area contributed by atoms with Gasteiger partial charge in [-0.3, -0.25) is 9.69 Å². The number of aryl methyl sites for hydroxylation is 1. The number of rotatable bonds is 4. The van der Waals surface area contributed by atoms with E-state index in [0.29, 0.717) is 39.8 Å². The van der Waals surface area contributed by atoms with Crippen molar-refractivity contribution in [2.75, 3.05) is 11.7 Å². The number of hydrogen-bond acceptors (Lipinski definition) is 8. The van der Waals surface area contributed by atoms with Crippen molar-refractivity contribution in [1.82, 2.24) is 10.1 Å². The van der Waals surface area contributed by atoms with Crippen molar-refractivity contribution in [3.8, 4) is 11.5 Å². The normalized spacial score (nSPS) is 16.5. The lowest BCUT2D eigenvalue weighted by Crippen LogP contribution is -2.30. The minimum absolute atomic E-state index is 0.196. The monoisotopic (exact) mass is 476 g/mol. The van der Waals surface area contributed by atoms with Crippen LogP contribution in [-0.2, 0) is 16.0 Å². The largest absolute Gasteiger partial charge is 0.454 e. The lowest BCUT2D eigenvalue weighted by Gasteiger charge is -2.17. The van der Waals surface area contributed by atoms with Crippen molar-refractivity contribution >= 4 is 34.6 Å². The van der Waals surface area contributed by atoms with Gasteiger partial charge in [0.1, 0.15) is 5.70 Å². The molecule has 0 unspecified atom stereocenters. The molecule has 2 aromatic carbocycles. The molecule has 0 aliphatic carbocycles. The topological polar surface area (TPSA) is 90.1 Å². The first kappa shape index (κ1) is 22.2. The zero-order valence-electron chi connectivity index (χ0n) is 19.4. The molecule has 1 aromatic heterocycles. The summed E-state index contributed by atoms with van der Waals surface area (Å²) < 4.78 is 16.2. The second-order valence-electron chi connectivity index (χ2n) is 9.07. The predicted octanol–water partition coefficient (Wildman–Crippen LogP) is 5.08. The molecule has 1 amide bonds. The van der Waals surface area contributed by atoms with Gasteiger partial charge in [0.05, 0.1) is 11.4 Å². The zero-order chi connectivity index (χ0) is 23.9. The summed E-state index contributed by atoms with van der Waals surface area (Å²) >= 11 is 1.39. The highest BCUT2D eigenvalue weighted by molar-refractivity contribution is 8.13. The molecule has 0 atom stereocenters.